The van der Waals surface area contributed by atoms with Gasteiger partial charge in [-0.3, -0.25) is 14.6 Å². The van der Waals surface area contributed by atoms with Crippen molar-refractivity contribution in [3.8, 4) is 5.82 Å². The van der Waals surface area contributed by atoms with Crippen LogP contribution in [0.3, 0.4) is 0 Å². The Morgan fingerprint density at radius 3 is 2.71 bits per heavy atom. The molecule has 3 aromatic heterocycles. The van der Waals surface area contributed by atoms with Gasteiger partial charge in [-0.05, 0) is 43.5 Å². The second-order valence-corrected chi connectivity index (χ2v) is 8.21. The average molecular weight is 488 g/mol. The van der Waals surface area contributed by atoms with E-state index in [2.05, 4.69) is 20.4 Å². The molecule has 184 valence electrons. The number of halogens is 3. The summed E-state index contributed by atoms with van der Waals surface area (Å²) in [5.41, 5.74) is 1.45. The molecule has 0 bridgehead atoms. The maximum Gasteiger partial charge on any atom is 0.419 e. The summed E-state index contributed by atoms with van der Waals surface area (Å²) in [6.45, 7) is 3.91. The number of aliphatic hydroxyl groups is 1. The van der Waals surface area contributed by atoms with Crippen molar-refractivity contribution < 1.29 is 27.9 Å². The minimum Gasteiger partial charge on any atom is -0.396 e. The monoisotopic (exact) mass is 488 g/mol. The van der Waals surface area contributed by atoms with Gasteiger partial charge in [0.1, 0.15) is 5.69 Å². The molecule has 2 amide bonds. The van der Waals surface area contributed by atoms with Crippen molar-refractivity contribution >= 4 is 11.8 Å². The van der Waals surface area contributed by atoms with E-state index in [0.717, 1.165) is 17.1 Å². The number of nitrogens with zero attached hydrogens (tertiary/aromatic N) is 5. The molecule has 1 atom stereocenters. The standard InChI is InChI=1S/C23H23F3N6O3/c1-13-8-15(9-29-20(13)32-11-16(10-30-32)23(24,25)26)14(2)31-12-18-17(22(31)35)4-6-27-19(18)21(34)28-5-3-7-33/h4,6,8-11,14,33H,3,5,7,12H2,1-2H3,(H,28,34). The lowest BCUT2D eigenvalue weighted by Crippen LogP contribution is -2.28. The third kappa shape index (κ3) is 4.74. The normalized spacial score (nSPS) is 14.2. The van der Waals surface area contributed by atoms with Crippen LogP contribution in [0.2, 0.25) is 0 Å². The van der Waals surface area contributed by atoms with Crippen LogP contribution in [-0.2, 0) is 12.7 Å². The minimum absolute atomic E-state index is 0.0550. The average Bonchev–Trinajstić information content (AvgIpc) is 3.44. The number of hydrogen-bond acceptors (Lipinski definition) is 6. The first kappa shape index (κ1) is 24.3. The number of aliphatic hydroxyl groups excluding tert-OH is 1. The highest BCUT2D eigenvalue weighted by Crippen LogP contribution is 2.33. The van der Waals surface area contributed by atoms with Gasteiger partial charge in [0.25, 0.3) is 11.8 Å². The van der Waals surface area contributed by atoms with Crippen LogP contribution < -0.4 is 5.32 Å². The van der Waals surface area contributed by atoms with Crippen LogP contribution in [-0.4, -0.2) is 54.7 Å². The predicted octanol–water partition coefficient (Wildman–Crippen LogP) is 2.82. The van der Waals surface area contributed by atoms with Gasteiger partial charge in [-0.15, -0.1) is 0 Å². The van der Waals surface area contributed by atoms with E-state index in [1.165, 1.54) is 12.4 Å². The molecule has 1 aliphatic heterocycles. The molecular weight excluding hydrogens is 465 g/mol. The minimum atomic E-state index is -4.50. The van der Waals surface area contributed by atoms with Gasteiger partial charge in [0.05, 0.1) is 17.8 Å². The van der Waals surface area contributed by atoms with E-state index < -0.39 is 23.7 Å². The topological polar surface area (TPSA) is 113 Å². The van der Waals surface area contributed by atoms with Crippen LogP contribution in [0.25, 0.3) is 5.82 Å². The highest BCUT2D eigenvalue weighted by molar-refractivity contribution is 6.03. The molecule has 1 unspecified atom stereocenters. The smallest absolute Gasteiger partial charge is 0.396 e. The molecule has 0 spiro atoms. The van der Waals surface area contributed by atoms with Crippen molar-refractivity contribution in [2.24, 2.45) is 0 Å². The molecule has 0 radical (unpaired) electrons. The van der Waals surface area contributed by atoms with Gasteiger partial charge in [-0.25, -0.2) is 9.67 Å². The number of hydrogen-bond donors (Lipinski definition) is 2. The summed E-state index contributed by atoms with van der Waals surface area (Å²) in [7, 11) is 0. The van der Waals surface area contributed by atoms with Gasteiger partial charge < -0.3 is 15.3 Å². The highest BCUT2D eigenvalue weighted by atomic mass is 19.4. The van der Waals surface area contributed by atoms with Crippen LogP contribution >= 0.6 is 0 Å². The first-order chi connectivity index (χ1) is 16.6. The maximum absolute atomic E-state index is 13.1. The zero-order valence-electron chi connectivity index (χ0n) is 19.0. The largest absolute Gasteiger partial charge is 0.419 e. The van der Waals surface area contributed by atoms with Crippen molar-refractivity contribution in [1.82, 2.24) is 30.0 Å². The Hall–Kier alpha value is -3.80. The molecular formula is C23H23F3N6O3. The van der Waals surface area contributed by atoms with Crippen LogP contribution in [0.15, 0.2) is 36.9 Å². The van der Waals surface area contributed by atoms with Crippen LogP contribution in [0, 0.1) is 6.92 Å². The Morgan fingerprint density at radius 1 is 1.29 bits per heavy atom. The lowest BCUT2D eigenvalue weighted by Gasteiger charge is -2.25. The molecule has 3 aromatic rings. The molecule has 35 heavy (non-hydrogen) atoms. The van der Waals surface area contributed by atoms with Gasteiger partial charge in [-0.1, -0.05) is 0 Å². The Balaban J connectivity index is 1.55. The lowest BCUT2D eigenvalue weighted by molar-refractivity contribution is -0.137. The Morgan fingerprint density at radius 2 is 2.06 bits per heavy atom. The second-order valence-electron chi connectivity index (χ2n) is 8.21. The first-order valence-corrected chi connectivity index (χ1v) is 10.9. The number of fused-ring (bicyclic) bond motifs is 1. The van der Waals surface area contributed by atoms with Crippen molar-refractivity contribution in [3.05, 3.63) is 70.4 Å². The summed E-state index contributed by atoms with van der Waals surface area (Å²) in [5.74, 6) is -0.432. The second kappa shape index (κ2) is 9.45. The molecule has 0 aromatic carbocycles. The fourth-order valence-electron chi connectivity index (χ4n) is 3.95. The van der Waals surface area contributed by atoms with Crippen molar-refractivity contribution in [2.75, 3.05) is 13.2 Å². The van der Waals surface area contributed by atoms with Crippen LogP contribution in [0.4, 0.5) is 13.2 Å². The van der Waals surface area contributed by atoms with Gasteiger partial charge in [0.15, 0.2) is 5.82 Å². The predicted molar refractivity (Wildman–Crippen MR) is 118 cm³/mol. The fourth-order valence-corrected chi connectivity index (χ4v) is 3.95. The van der Waals surface area contributed by atoms with Crippen molar-refractivity contribution in [3.63, 3.8) is 0 Å². The van der Waals surface area contributed by atoms with Gasteiger partial charge in [0.2, 0.25) is 0 Å². The Kier molecular flexibility index (Phi) is 6.57. The fraction of sp³-hybridized carbons (Fsp3) is 0.348. The quantitative estimate of drug-likeness (QED) is 0.495. The number of pyridine rings is 2. The zero-order chi connectivity index (χ0) is 25.3. The number of amides is 2. The van der Waals surface area contributed by atoms with E-state index in [0.29, 0.717) is 28.7 Å². The summed E-state index contributed by atoms with van der Waals surface area (Å²) < 4.78 is 39.8. The van der Waals surface area contributed by atoms with E-state index >= 15 is 0 Å². The third-order valence-corrected chi connectivity index (χ3v) is 5.86. The maximum atomic E-state index is 13.1. The molecule has 2 N–H and O–H groups in total. The number of alkyl halides is 3. The van der Waals surface area contributed by atoms with Gasteiger partial charge >= 0.3 is 6.18 Å². The van der Waals surface area contributed by atoms with Crippen molar-refractivity contribution in [2.45, 2.75) is 39.0 Å². The SMILES string of the molecule is Cc1cc(C(C)N2Cc3c(ccnc3C(=O)NCCCO)C2=O)cnc1-n1cc(C(F)(F)F)cn1. The van der Waals surface area contributed by atoms with Crippen LogP contribution in [0.1, 0.15) is 62.5 Å². The number of nitrogens with one attached hydrogen (secondary N) is 1. The molecule has 9 nitrogen and oxygen atoms in total. The Bertz CT molecular complexity index is 1270. The molecule has 4 rings (SSSR count). The van der Waals surface area contributed by atoms with Gasteiger partial charge in [0, 0.05) is 49.4 Å². The van der Waals surface area contributed by atoms with E-state index in [9.17, 15) is 22.8 Å². The molecule has 0 fully saturated rings. The zero-order valence-corrected chi connectivity index (χ0v) is 19.0. The summed E-state index contributed by atoms with van der Waals surface area (Å²) in [6, 6.07) is 2.89. The summed E-state index contributed by atoms with van der Waals surface area (Å²) >= 11 is 0. The van der Waals surface area contributed by atoms with E-state index in [-0.39, 0.29) is 37.1 Å². The third-order valence-electron chi connectivity index (χ3n) is 5.86. The number of aromatic nitrogens is 4. The Labute approximate surface area is 198 Å². The van der Waals surface area contributed by atoms with E-state index in [4.69, 9.17) is 5.11 Å². The summed E-state index contributed by atoms with van der Waals surface area (Å²) in [4.78, 5) is 35.7. The molecule has 0 saturated heterocycles. The van der Waals surface area contributed by atoms with Crippen molar-refractivity contribution in [1.29, 1.82) is 0 Å². The van der Waals surface area contributed by atoms with Crippen LogP contribution in [0.5, 0.6) is 0 Å². The molecule has 1 aliphatic rings. The number of rotatable bonds is 7. The first-order valence-electron chi connectivity index (χ1n) is 10.9. The number of carbonyl (C=O) groups excluding carboxylic acids is 2. The van der Waals surface area contributed by atoms with E-state index in [1.807, 2.05) is 6.92 Å². The van der Waals surface area contributed by atoms with Gasteiger partial charge in [-0.2, -0.15) is 18.3 Å². The summed E-state index contributed by atoms with van der Waals surface area (Å²) in [6.07, 6.45) is 0.420. The molecule has 4 heterocycles. The lowest BCUT2D eigenvalue weighted by atomic mass is 10.1. The number of carbonyl (C=O) groups is 2. The van der Waals surface area contributed by atoms with E-state index in [1.54, 1.807) is 24.0 Å². The molecule has 12 heteroatoms. The summed E-state index contributed by atoms with van der Waals surface area (Å²) in [5, 5.41) is 15.4. The number of aryl methyl sites for hydroxylation is 1. The molecule has 0 saturated carbocycles. The highest BCUT2D eigenvalue weighted by Gasteiger charge is 2.35. The molecule has 0 aliphatic carbocycles.